The summed E-state index contributed by atoms with van der Waals surface area (Å²) in [5.74, 6) is -0.469. The Labute approximate surface area is 161 Å². The van der Waals surface area contributed by atoms with E-state index in [0.717, 1.165) is 30.8 Å². The number of carbonyl (C=O) groups is 2. The zero-order valence-corrected chi connectivity index (χ0v) is 15.7. The summed E-state index contributed by atoms with van der Waals surface area (Å²) in [6.07, 6.45) is 4.67. The van der Waals surface area contributed by atoms with Crippen LogP contribution in [0.5, 0.6) is 0 Å². The minimum atomic E-state index is -0.330. The van der Waals surface area contributed by atoms with Gasteiger partial charge in [-0.1, -0.05) is 0 Å². The Hall–Kier alpha value is -2.03. The maximum Gasteiger partial charge on any atom is 0.229 e. The highest BCUT2D eigenvalue weighted by molar-refractivity contribution is 7.13. The second kappa shape index (κ2) is 8.11. The van der Waals surface area contributed by atoms with Crippen LogP contribution in [-0.4, -0.2) is 34.9 Å². The molecule has 1 saturated heterocycles. The number of hydrogen-bond acceptors (Lipinski definition) is 6. The molecule has 26 heavy (non-hydrogen) atoms. The summed E-state index contributed by atoms with van der Waals surface area (Å²) in [6.45, 7) is 2.61. The van der Waals surface area contributed by atoms with E-state index in [4.69, 9.17) is 0 Å². The van der Waals surface area contributed by atoms with Gasteiger partial charge in [0.05, 0.1) is 5.92 Å². The predicted octanol–water partition coefficient (Wildman–Crippen LogP) is 1.27. The Morgan fingerprint density at radius 1 is 1.42 bits per heavy atom. The van der Waals surface area contributed by atoms with Gasteiger partial charge < -0.3 is 10.6 Å². The number of pyridine rings is 1. The number of fused-ring (bicyclic) bond motifs is 1. The van der Waals surface area contributed by atoms with Crippen LogP contribution in [0.25, 0.3) is 0 Å². The lowest BCUT2D eigenvalue weighted by atomic mass is 10.0. The molecule has 2 N–H and O–H groups in total. The average Bonchev–Trinajstić information content (AvgIpc) is 3.29. The van der Waals surface area contributed by atoms with Gasteiger partial charge in [0, 0.05) is 62.5 Å². The maximum atomic E-state index is 12.4. The van der Waals surface area contributed by atoms with Crippen LogP contribution < -0.4 is 15.5 Å². The van der Waals surface area contributed by atoms with E-state index in [-0.39, 0.29) is 36.6 Å². The molecule has 0 bridgehead atoms. The summed E-state index contributed by atoms with van der Waals surface area (Å²) in [7, 11) is 0. The maximum absolute atomic E-state index is 12.4. The van der Waals surface area contributed by atoms with Gasteiger partial charge in [0.2, 0.25) is 11.8 Å². The van der Waals surface area contributed by atoms with Gasteiger partial charge in [-0.3, -0.25) is 19.5 Å². The minimum Gasteiger partial charge on any atom is -0.352 e. The Morgan fingerprint density at radius 3 is 3.12 bits per heavy atom. The molecule has 7 nitrogen and oxygen atoms in total. The third kappa shape index (κ3) is 3.87. The first kappa shape index (κ1) is 18.8. The first-order valence-corrected chi connectivity index (χ1v) is 9.23. The molecule has 2 aliphatic heterocycles. The fourth-order valence-corrected chi connectivity index (χ4v) is 3.91. The first-order valence-electron chi connectivity index (χ1n) is 8.35. The van der Waals surface area contributed by atoms with E-state index in [1.165, 1.54) is 16.9 Å². The van der Waals surface area contributed by atoms with Crippen LogP contribution in [0.3, 0.4) is 0 Å². The van der Waals surface area contributed by atoms with Crippen molar-refractivity contribution in [1.29, 1.82) is 0 Å². The molecule has 9 heteroatoms. The Bertz CT molecular complexity index is 798. The topological polar surface area (TPSA) is 87.2 Å². The molecule has 2 amide bonds. The van der Waals surface area contributed by atoms with Crippen molar-refractivity contribution in [3.05, 3.63) is 40.7 Å². The SMILES string of the molecule is Cl.O=C(NCc1cnc2c(c1)CNCC2)C1CC(=O)N(c2nccs2)C1. The average molecular weight is 394 g/mol. The molecule has 0 aromatic carbocycles. The zero-order valence-electron chi connectivity index (χ0n) is 14.1. The molecule has 0 saturated carbocycles. The largest absolute Gasteiger partial charge is 0.352 e. The van der Waals surface area contributed by atoms with Gasteiger partial charge in [0.1, 0.15) is 0 Å². The van der Waals surface area contributed by atoms with Crippen LogP contribution in [0.15, 0.2) is 23.8 Å². The number of amides is 2. The van der Waals surface area contributed by atoms with Crippen LogP contribution in [-0.2, 0) is 29.1 Å². The summed E-state index contributed by atoms with van der Waals surface area (Å²) < 4.78 is 0. The summed E-state index contributed by atoms with van der Waals surface area (Å²) >= 11 is 1.41. The van der Waals surface area contributed by atoms with Crippen LogP contribution in [0, 0.1) is 5.92 Å². The quantitative estimate of drug-likeness (QED) is 0.817. The van der Waals surface area contributed by atoms with Crippen molar-refractivity contribution in [3.8, 4) is 0 Å². The number of carbonyl (C=O) groups excluding carboxylic acids is 2. The van der Waals surface area contributed by atoms with Crippen molar-refractivity contribution in [3.63, 3.8) is 0 Å². The van der Waals surface area contributed by atoms with E-state index < -0.39 is 0 Å². The molecule has 1 atom stereocenters. The monoisotopic (exact) mass is 393 g/mol. The van der Waals surface area contributed by atoms with Gasteiger partial charge in [-0.25, -0.2) is 4.98 Å². The van der Waals surface area contributed by atoms with E-state index in [2.05, 4.69) is 26.7 Å². The highest BCUT2D eigenvalue weighted by Crippen LogP contribution is 2.26. The van der Waals surface area contributed by atoms with E-state index in [0.29, 0.717) is 18.2 Å². The number of rotatable bonds is 4. The number of nitrogens with one attached hydrogen (secondary N) is 2. The predicted molar refractivity (Wildman–Crippen MR) is 101 cm³/mol. The number of nitrogens with zero attached hydrogens (tertiary/aromatic N) is 3. The van der Waals surface area contributed by atoms with Gasteiger partial charge >= 0.3 is 0 Å². The molecule has 2 aromatic heterocycles. The van der Waals surface area contributed by atoms with Gasteiger partial charge in [0.15, 0.2) is 5.13 Å². The summed E-state index contributed by atoms with van der Waals surface area (Å²) in [5, 5.41) is 8.75. The highest BCUT2D eigenvalue weighted by Gasteiger charge is 2.36. The molecule has 0 aliphatic carbocycles. The molecule has 2 aromatic rings. The summed E-state index contributed by atoms with van der Waals surface area (Å²) in [5.41, 5.74) is 3.31. The zero-order chi connectivity index (χ0) is 17.2. The van der Waals surface area contributed by atoms with E-state index in [1.807, 2.05) is 11.6 Å². The second-order valence-electron chi connectivity index (χ2n) is 6.31. The molecule has 138 valence electrons. The molecule has 1 unspecified atom stereocenters. The van der Waals surface area contributed by atoms with Gasteiger partial charge in [-0.05, 0) is 17.2 Å². The van der Waals surface area contributed by atoms with Crippen LogP contribution >= 0.6 is 23.7 Å². The summed E-state index contributed by atoms with van der Waals surface area (Å²) in [6, 6.07) is 2.09. The molecule has 0 spiro atoms. The lowest BCUT2D eigenvalue weighted by Gasteiger charge is -2.17. The second-order valence-corrected chi connectivity index (χ2v) is 7.19. The van der Waals surface area contributed by atoms with E-state index in [1.54, 1.807) is 11.1 Å². The minimum absolute atomic E-state index is 0. The van der Waals surface area contributed by atoms with E-state index in [9.17, 15) is 9.59 Å². The molecular formula is C17H20ClN5O2S. The molecular weight excluding hydrogens is 374 g/mol. The summed E-state index contributed by atoms with van der Waals surface area (Å²) in [4.78, 5) is 34.8. The smallest absolute Gasteiger partial charge is 0.229 e. The lowest BCUT2D eigenvalue weighted by molar-refractivity contribution is -0.126. The number of halogens is 1. The van der Waals surface area contributed by atoms with Crippen molar-refractivity contribution >= 4 is 40.7 Å². The van der Waals surface area contributed by atoms with Gasteiger partial charge in [-0.15, -0.1) is 23.7 Å². The molecule has 4 heterocycles. The van der Waals surface area contributed by atoms with Gasteiger partial charge in [-0.2, -0.15) is 0 Å². The molecule has 4 rings (SSSR count). The Balaban J connectivity index is 0.00000196. The van der Waals surface area contributed by atoms with Crippen LogP contribution in [0.1, 0.15) is 23.2 Å². The number of thiazole rings is 1. The van der Waals surface area contributed by atoms with Crippen molar-refractivity contribution < 1.29 is 9.59 Å². The molecule has 1 fully saturated rings. The van der Waals surface area contributed by atoms with E-state index >= 15 is 0 Å². The standard InChI is InChI=1S/C17H19N5O2S.ClH/c23-15-6-13(10-22(15)17-19-3-4-25-17)16(24)21-8-11-5-12-9-18-2-1-14(12)20-7-11;/h3-5,7,13,18H,1-2,6,8-10H2,(H,21,24);1H. The first-order chi connectivity index (χ1) is 12.2. The highest BCUT2D eigenvalue weighted by atomic mass is 35.5. The number of anilines is 1. The lowest BCUT2D eigenvalue weighted by Crippen LogP contribution is -2.32. The fourth-order valence-electron chi connectivity index (χ4n) is 3.24. The Morgan fingerprint density at radius 2 is 2.31 bits per heavy atom. The van der Waals surface area contributed by atoms with Crippen molar-refractivity contribution in [2.24, 2.45) is 5.92 Å². The van der Waals surface area contributed by atoms with Crippen molar-refractivity contribution in [2.45, 2.75) is 25.9 Å². The third-order valence-electron chi connectivity index (χ3n) is 4.58. The number of hydrogen-bond donors (Lipinski definition) is 2. The van der Waals surface area contributed by atoms with Crippen LogP contribution in [0.2, 0.25) is 0 Å². The Kier molecular flexibility index (Phi) is 5.85. The van der Waals surface area contributed by atoms with Crippen LogP contribution in [0.4, 0.5) is 5.13 Å². The third-order valence-corrected chi connectivity index (χ3v) is 5.38. The molecule has 0 radical (unpaired) electrons. The van der Waals surface area contributed by atoms with Crippen molar-refractivity contribution in [2.75, 3.05) is 18.0 Å². The fraction of sp³-hybridized carbons (Fsp3) is 0.412. The normalized spacial score (nSPS) is 19.0. The molecule has 2 aliphatic rings. The van der Waals surface area contributed by atoms with Gasteiger partial charge in [0.25, 0.3) is 0 Å². The number of aromatic nitrogens is 2. The van der Waals surface area contributed by atoms with Crippen molar-refractivity contribution in [1.82, 2.24) is 20.6 Å².